The van der Waals surface area contributed by atoms with Gasteiger partial charge >= 0.3 is 6.03 Å². The summed E-state index contributed by atoms with van der Waals surface area (Å²) in [5.41, 5.74) is 5.34. The zero-order valence-corrected chi connectivity index (χ0v) is 11.2. The molecule has 2 aliphatic rings. The number of nitrogens with two attached hydrogens (primary N) is 1. The van der Waals surface area contributed by atoms with Gasteiger partial charge in [0.25, 0.3) is 0 Å². The van der Waals surface area contributed by atoms with Crippen molar-refractivity contribution < 1.29 is 14.3 Å². The van der Waals surface area contributed by atoms with Crippen molar-refractivity contribution in [2.45, 2.75) is 25.6 Å². The van der Waals surface area contributed by atoms with E-state index in [0.717, 1.165) is 0 Å². The van der Waals surface area contributed by atoms with Gasteiger partial charge in [-0.15, -0.1) is 0 Å². The first-order valence-electron chi connectivity index (χ1n) is 6.51. The molecule has 1 atom stereocenters. The van der Waals surface area contributed by atoms with Crippen LogP contribution in [0, 0.1) is 0 Å². The van der Waals surface area contributed by atoms with E-state index in [9.17, 15) is 4.79 Å². The molecule has 6 nitrogen and oxygen atoms in total. The molecule has 2 N–H and O–H groups in total. The van der Waals surface area contributed by atoms with E-state index in [1.807, 2.05) is 23.6 Å². The summed E-state index contributed by atoms with van der Waals surface area (Å²) in [4.78, 5) is 16.1. The summed E-state index contributed by atoms with van der Waals surface area (Å²) in [5, 5.41) is 0. The number of amides is 2. The van der Waals surface area contributed by atoms with E-state index in [2.05, 4.69) is 0 Å². The Labute approximate surface area is 108 Å². The molecule has 18 heavy (non-hydrogen) atoms. The molecular weight excluding hydrogens is 234 g/mol. The number of hydrogen-bond acceptors (Lipinski definition) is 4. The SMILES string of the molecule is CC1(C)CN(C(=O)N2CCOCC2)CC(CN)O1. The molecule has 0 aromatic carbocycles. The Morgan fingerprint density at radius 2 is 2.00 bits per heavy atom. The summed E-state index contributed by atoms with van der Waals surface area (Å²) in [6.45, 7) is 8.21. The van der Waals surface area contributed by atoms with Crippen molar-refractivity contribution in [1.82, 2.24) is 9.80 Å². The van der Waals surface area contributed by atoms with Crippen LogP contribution in [0.3, 0.4) is 0 Å². The largest absolute Gasteiger partial charge is 0.378 e. The maximum Gasteiger partial charge on any atom is 0.320 e. The molecule has 0 bridgehead atoms. The average Bonchev–Trinajstić information content (AvgIpc) is 2.37. The molecule has 2 heterocycles. The maximum atomic E-state index is 12.4. The lowest BCUT2D eigenvalue weighted by Gasteiger charge is -2.44. The van der Waals surface area contributed by atoms with Gasteiger partial charge in [0.15, 0.2) is 0 Å². The van der Waals surface area contributed by atoms with Crippen LogP contribution < -0.4 is 5.73 Å². The Bertz CT molecular complexity index is 303. The third-order valence-corrected chi connectivity index (χ3v) is 3.30. The first kappa shape index (κ1) is 13.6. The van der Waals surface area contributed by atoms with E-state index in [4.69, 9.17) is 15.2 Å². The summed E-state index contributed by atoms with van der Waals surface area (Å²) in [6.07, 6.45) is -0.0706. The van der Waals surface area contributed by atoms with Gasteiger partial charge in [-0.3, -0.25) is 0 Å². The Balaban J connectivity index is 1.99. The van der Waals surface area contributed by atoms with Crippen LogP contribution in [0.15, 0.2) is 0 Å². The third kappa shape index (κ3) is 3.13. The van der Waals surface area contributed by atoms with E-state index < -0.39 is 0 Å². The van der Waals surface area contributed by atoms with Gasteiger partial charge in [0.2, 0.25) is 0 Å². The number of nitrogens with zero attached hydrogens (tertiary/aromatic N) is 2. The van der Waals surface area contributed by atoms with Crippen LogP contribution in [0.1, 0.15) is 13.8 Å². The number of rotatable bonds is 1. The highest BCUT2D eigenvalue weighted by Crippen LogP contribution is 2.21. The van der Waals surface area contributed by atoms with Crippen LogP contribution in [0.2, 0.25) is 0 Å². The fraction of sp³-hybridized carbons (Fsp3) is 0.917. The molecule has 2 rings (SSSR count). The minimum Gasteiger partial charge on any atom is -0.378 e. The van der Waals surface area contributed by atoms with Gasteiger partial charge in [-0.2, -0.15) is 0 Å². The van der Waals surface area contributed by atoms with Gasteiger partial charge in [0.05, 0.1) is 31.5 Å². The zero-order valence-electron chi connectivity index (χ0n) is 11.2. The molecule has 2 aliphatic heterocycles. The minimum atomic E-state index is -0.329. The van der Waals surface area contributed by atoms with Crippen LogP contribution in [0.25, 0.3) is 0 Å². The zero-order chi connectivity index (χ0) is 13.2. The Morgan fingerprint density at radius 1 is 1.33 bits per heavy atom. The second kappa shape index (κ2) is 5.42. The number of carbonyl (C=O) groups is 1. The average molecular weight is 257 g/mol. The van der Waals surface area contributed by atoms with Crippen molar-refractivity contribution in [1.29, 1.82) is 0 Å². The van der Waals surface area contributed by atoms with Gasteiger partial charge in [-0.05, 0) is 13.8 Å². The highest BCUT2D eigenvalue weighted by Gasteiger charge is 2.36. The van der Waals surface area contributed by atoms with Gasteiger partial charge in [-0.1, -0.05) is 0 Å². The molecule has 0 aromatic heterocycles. The lowest BCUT2D eigenvalue weighted by molar-refractivity contribution is -0.123. The normalized spacial score (nSPS) is 28.3. The van der Waals surface area contributed by atoms with Gasteiger partial charge < -0.3 is 25.0 Å². The van der Waals surface area contributed by atoms with Crippen molar-refractivity contribution in [2.24, 2.45) is 5.73 Å². The first-order valence-corrected chi connectivity index (χ1v) is 6.51. The summed E-state index contributed by atoms with van der Waals surface area (Å²) >= 11 is 0. The molecule has 1 unspecified atom stereocenters. The molecule has 0 spiro atoms. The quantitative estimate of drug-likeness (QED) is 0.711. The Kier molecular flexibility index (Phi) is 4.09. The molecule has 2 amide bonds. The molecule has 104 valence electrons. The van der Waals surface area contributed by atoms with Gasteiger partial charge in [0.1, 0.15) is 0 Å². The maximum absolute atomic E-state index is 12.4. The summed E-state index contributed by atoms with van der Waals surface area (Å²) in [7, 11) is 0. The standard InChI is InChI=1S/C12H23N3O3/c1-12(2)9-15(8-10(7-13)18-12)11(16)14-3-5-17-6-4-14/h10H,3-9,13H2,1-2H3. The lowest BCUT2D eigenvalue weighted by Crippen LogP contribution is -2.59. The molecular formula is C12H23N3O3. The van der Waals surface area contributed by atoms with Crippen molar-refractivity contribution in [3.05, 3.63) is 0 Å². The van der Waals surface area contributed by atoms with E-state index >= 15 is 0 Å². The second-order valence-electron chi connectivity index (χ2n) is 5.50. The molecule has 0 aromatic rings. The van der Waals surface area contributed by atoms with Gasteiger partial charge in [0, 0.05) is 26.2 Å². The first-order chi connectivity index (χ1) is 8.52. The Hall–Kier alpha value is -0.850. The number of ether oxygens (including phenoxy) is 2. The highest BCUT2D eigenvalue weighted by molar-refractivity contribution is 5.74. The number of morpholine rings is 2. The number of hydrogen-bond donors (Lipinski definition) is 1. The molecule has 0 radical (unpaired) electrons. The van der Waals surface area contributed by atoms with Crippen LogP contribution in [-0.2, 0) is 9.47 Å². The molecule has 0 aliphatic carbocycles. The van der Waals surface area contributed by atoms with Crippen LogP contribution >= 0.6 is 0 Å². The molecule has 2 fully saturated rings. The number of carbonyl (C=O) groups excluding carboxylic acids is 1. The minimum absolute atomic E-state index is 0.0706. The predicted octanol–water partition coefficient (Wildman–Crippen LogP) is -0.123. The molecule has 6 heteroatoms. The topological polar surface area (TPSA) is 68.0 Å². The van der Waals surface area contributed by atoms with Crippen molar-refractivity contribution >= 4 is 6.03 Å². The fourth-order valence-corrected chi connectivity index (χ4v) is 2.52. The van der Waals surface area contributed by atoms with E-state index in [0.29, 0.717) is 45.9 Å². The van der Waals surface area contributed by atoms with Crippen molar-refractivity contribution in [3.63, 3.8) is 0 Å². The van der Waals surface area contributed by atoms with Crippen LogP contribution in [0.4, 0.5) is 4.79 Å². The van der Waals surface area contributed by atoms with Crippen LogP contribution in [0.5, 0.6) is 0 Å². The number of urea groups is 1. The predicted molar refractivity (Wildman–Crippen MR) is 67.4 cm³/mol. The monoisotopic (exact) mass is 257 g/mol. The third-order valence-electron chi connectivity index (χ3n) is 3.30. The summed E-state index contributed by atoms with van der Waals surface area (Å²) in [5.74, 6) is 0. The molecule has 0 saturated carbocycles. The van der Waals surface area contributed by atoms with E-state index in [1.165, 1.54) is 0 Å². The van der Waals surface area contributed by atoms with Crippen molar-refractivity contribution in [3.8, 4) is 0 Å². The summed E-state index contributed by atoms with van der Waals surface area (Å²) in [6, 6.07) is 0.0770. The van der Waals surface area contributed by atoms with Crippen LogP contribution in [-0.4, -0.2) is 73.5 Å². The van der Waals surface area contributed by atoms with Gasteiger partial charge in [-0.25, -0.2) is 4.79 Å². The highest BCUT2D eigenvalue weighted by atomic mass is 16.5. The van der Waals surface area contributed by atoms with Crippen molar-refractivity contribution in [2.75, 3.05) is 45.9 Å². The Morgan fingerprint density at radius 3 is 2.61 bits per heavy atom. The lowest BCUT2D eigenvalue weighted by atomic mass is 10.1. The van der Waals surface area contributed by atoms with E-state index in [-0.39, 0.29) is 17.7 Å². The second-order valence-corrected chi connectivity index (χ2v) is 5.50. The smallest absolute Gasteiger partial charge is 0.320 e. The van der Waals surface area contributed by atoms with E-state index in [1.54, 1.807) is 0 Å². The fourth-order valence-electron chi connectivity index (χ4n) is 2.52. The molecule has 2 saturated heterocycles. The summed E-state index contributed by atoms with van der Waals surface area (Å²) < 4.78 is 11.1.